The minimum absolute atomic E-state index is 0.134. The third-order valence-corrected chi connectivity index (χ3v) is 2.44. The minimum atomic E-state index is -0.312. The van der Waals surface area contributed by atoms with Gasteiger partial charge in [0.05, 0.1) is 11.9 Å². The van der Waals surface area contributed by atoms with Crippen LogP contribution in [0.25, 0.3) is 0 Å². The monoisotopic (exact) mass is 227 g/mol. The second-order valence-electron chi connectivity index (χ2n) is 3.94. The molecule has 0 aliphatic rings. The van der Waals surface area contributed by atoms with E-state index in [-0.39, 0.29) is 11.8 Å². The van der Waals surface area contributed by atoms with E-state index in [1.807, 2.05) is 13.0 Å². The summed E-state index contributed by atoms with van der Waals surface area (Å²) in [6.45, 7) is 4.72. The van der Waals surface area contributed by atoms with Gasteiger partial charge in [-0.1, -0.05) is 20.3 Å². The van der Waals surface area contributed by atoms with Crippen molar-refractivity contribution in [3.63, 3.8) is 0 Å². The predicted molar refractivity (Wildman–Crippen MR) is 67.7 cm³/mol. The molecule has 0 radical (unpaired) electrons. The third-order valence-electron chi connectivity index (χ3n) is 2.44. The van der Waals surface area contributed by atoms with E-state index in [2.05, 4.69) is 12.2 Å². The normalized spacial score (nSPS) is 13.6. The summed E-state index contributed by atoms with van der Waals surface area (Å²) in [6.07, 6.45) is 6.18. The van der Waals surface area contributed by atoms with Crippen LogP contribution in [0.5, 0.6) is 0 Å². The molecular weight excluding hydrogens is 202 g/mol. The Kier molecular flexibility index (Phi) is 8.62. The number of carbonyl (C=O) groups is 1. The van der Waals surface area contributed by atoms with E-state index < -0.39 is 0 Å². The fraction of sp³-hybridized carbons (Fsp3) is 0.750. The maximum Gasteiger partial charge on any atom is 0.149 e. The van der Waals surface area contributed by atoms with Gasteiger partial charge in [-0.3, -0.25) is 4.79 Å². The highest BCUT2D eigenvalue weighted by molar-refractivity contribution is 5.83. The van der Waals surface area contributed by atoms with E-state index in [9.17, 15) is 4.79 Å². The average Bonchev–Trinajstić information content (AvgIpc) is 2.30. The van der Waals surface area contributed by atoms with Crippen LogP contribution in [0.4, 0.5) is 0 Å². The van der Waals surface area contributed by atoms with Crippen LogP contribution in [0.3, 0.4) is 0 Å². The van der Waals surface area contributed by atoms with Crippen molar-refractivity contribution in [1.29, 1.82) is 0 Å². The van der Waals surface area contributed by atoms with Crippen LogP contribution in [0, 0.1) is 0 Å². The maximum absolute atomic E-state index is 11.2. The fourth-order valence-corrected chi connectivity index (χ4v) is 1.35. The molecule has 5 N–H and O–H groups in total. The predicted octanol–water partition coefficient (Wildman–Crippen LogP) is 1.26. The molecule has 4 nitrogen and oxygen atoms in total. The number of hydrogen-bond acceptors (Lipinski definition) is 4. The lowest BCUT2D eigenvalue weighted by atomic mass is 10.1. The second kappa shape index (κ2) is 9.21. The lowest BCUT2D eigenvalue weighted by Crippen LogP contribution is -2.31. The largest absolute Gasteiger partial charge is 0.386 e. The molecular formula is C12H25N3O. The zero-order chi connectivity index (χ0) is 12.4. The molecule has 0 aromatic heterocycles. The molecule has 0 saturated carbocycles. The number of hydrogen-bond donors (Lipinski definition) is 3. The molecule has 0 aliphatic heterocycles. The molecule has 0 amide bonds. The highest BCUT2D eigenvalue weighted by Gasteiger charge is 2.09. The molecule has 1 unspecified atom stereocenters. The highest BCUT2D eigenvalue weighted by atomic mass is 16.1. The van der Waals surface area contributed by atoms with E-state index >= 15 is 0 Å². The molecule has 94 valence electrons. The summed E-state index contributed by atoms with van der Waals surface area (Å²) < 4.78 is 0. The molecule has 0 spiro atoms. The Labute approximate surface area is 98.5 Å². The fourth-order valence-electron chi connectivity index (χ4n) is 1.35. The van der Waals surface area contributed by atoms with Crippen LogP contribution in [0.1, 0.15) is 46.0 Å². The topological polar surface area (TPSA) is 81.1 Å². The van der Waals surface area contributed by atoms with Gasteiger partial charge in [0.15, 0.2) is 0 Å². The Morgan fingerprint density at radius 1 is 1.44 bits per heavy atom. The number of nitrogens with one attached hydrogen (secondary N) is 1. The molecule has 0 aliphatic carbocycles. The first-order valence-corrected chi connectivity index (χ1v) is 6.09. The zero-order valence-electron chi connectivity index (χ0n) is 10.5. The van der Waals surface area contributed by atoms with Crippen LogP contribution in [0.2, 0.25) is 0 Å². The Balaban J connectivity index is 3.56. The first-order chi connectivity index (χ1) is 7.61. The van der Waals surface area contributed by atoms with Gasteiger partial charge >= 0.3 is 0 Å². The van der Waals surface area contributed by atoms with Crippen LogP contribution in [-0.2, 0) is 4.79 Å². The van der Waals surface area contributed by atoms with Crippen LogP contribution in [-0.4, -0.2) is 18.4 Å². The molecule has 4 heteroatoms. The summed E-state index contributed by atoms with van der Waals surface area (Å²) in [5.74, 6) is 0.853. The van der Waals surface area contributed by atoms with E-state index in [0.29, 0.717) is 6.42 Å². The number of rotatable bonds is 9. The van der Waals surface area contributed by atoms with Crippen molar-refractivity contribution in [2.75, 3.05) is 6.54 Å². The molecule has 0 heterocycles. The van der Waals surface area contributed by atoms with E-state index in [0.717, 1.165) is 38.0 Å². The first-order valence-electron chi connectivity index (χ1n) is 6.09. The summed E-state index contributed by atoms with van der Waals surface area (Å²) in [4.78, 5) is 11.2. The quantitative estimate of drug-likeness (QED) is 0.518. The smallest absolute Gasteiger partial charge is 0.149 e. The number of allylic oxidation sites excluding steroid dienone is 1. The average molecular weight is 227 g/mol. The Bertz CT molecular complexity index is 226. The number of carbonyl (C=O) groups excluding carboxylic acids is 1. The third kappa shape index (κ3) is 7.29. The maximum atomic E-state index is 11.2. The van der Waals surface area contributed by atoms with Gasteiger partial charge in [0, 0.05) is 13.0 Å². The minimum Gasteiger partial charge on any atom is -0.386 e. The van der Waals surface area contributed by atoms with Gasteiger partial charge in [-0.25, -0.2) is 0 Å². The number of ketones is 1. The Morgan fingerprint density at radius 2 is 2.12 bits per heavy atom. The van der Waals surface area contributed by atoms with Crippen molar-refractivity contribution in [2.45, 2.75) is 52.0 Å². The van der Waals surface area contributed by atoms with Gasteiger partial charge in [0.25, 0.3) is 0 Å². The molecule has 0 fully saturated rings. The molecule has 0 aromatic rings. The van der Waals surface area contributed by atoms with Crippen molar-refractivity contribution in [3.8, 4) is 0 Å². The Morgan fingerprint density at radius 3 is 2.69 bits per heavy atom. The van der Waals surface area contributed by atoms with Crippen molar-refractivity contribution in [2.24, 2.45) is 11.5 Å². The summed E-state index contributed by atoms with van der Waals surface area (Å²) in [5.41, 5.74) is 11.4. The summed E-state index contributed by atoms with van der Waals surface area (Å²) in [7, 11) is 0. The summed E-state index contributed by atoms with van der Waals surface area (Å²) >= 11 is 0. The second-order valence-corrected chi connectivity index (χ2v) is 3.94. The van der Waals surface area contributed by atoms with Crippen molar-refractivity contribution < 1.29 is 4.79 Å². The lowest BCUT2D eigenvalue weighted by molar-refractivity contribution is -0.120. The van der Waals surface area contributed by atoms with Crippen molar-refractivity contribution >= 4 is 5.78 Å². The van der Waals surface area contributed by atoms with Gasteiger partial charge in [0.1, 0.15) is 5.78 Å². The van der Waals surface area contributed by atoms with E-state index in [1.165, 1.54) is 0 Å². The highest BCUT2D eigenvalue weighted by Crippen LogP contribution is 1.98. The summed E-state index contributed by atoms with van der Waals surface area (Å²) in [6, 6.07) is -0.312. The van der Waals surface area contributed by atoms with Gasteiger partial charge < -0.3 is 16.8 Å². The van der Waals surface area contributed by atoms with E-state index in [1.54, 1.807) is 0 Å². The van der Waals surface area contributed by atoms with Crippen molar-refractivity contribution in [3.05, 3.63) is 11.9 Å². The van der Waals surface area contributed by atoms with Crippen molar-refractivity contribution in [1.82, 2.24) is 5.32 Å². The van der Waals surface area contributed by atoms with Crippen LogP contribution < -0.4 is 16.8 Å². The lowest BCUT2D eigenvalue weighted by Gasteiger charge is -2.10. The standard InChI is InChI=1S/C12H25N3O/c1-3-5-8-12(14)15-9-6-7-10(13)11(16)4-2/h8,10,15H,3-7,9,13-14H2,1-2H3/b12-8+. The zero-order valence-corrected chi connectivity index (χ0v) is 10.5. The van der Waals surface area contributed by atoms with E-state index in [4.69, 9.17) is 11.5 Å². The molecule has 0 aromatic carbocycles. The molecule has 0 rings (SSSR count). The van der Waals surface area contributed by atoms with Crippen LogP contribution >= 0.6 is 0 Å². The van der Waals surface area contributed by atoms with Gasteiger partial charge in [-0.05, 0) is 25.3 Å². The Hall–Kier alpha value is -1.03. The van der Waals surface area contributed by atoms with Gasteiger partial charge in [0.2, 0.25) is 0 Å². The summed E-state index contributed by atoms with van der Waals surface area (Å²) in [5, 5.41) is 3.10. The molecule has 1 atom stereocenters. The van der Waals surface area contributed by atoms with Gasteiger partial charge in [-0.2, -0.15) is 0 Å². The van der Waals surface area contributed by atoms with Crippen LogP contribution in [0.15, 0.2) is 11.9 Å². The molecule has 0 bridgehead atoms. The first kappa shape index (κ1) is 15.0. The number of Topliss-reactive ketones (excluding diaryl/α,β-unsaturated/α-hetero) is 1. The number of unbranched alkanes of at least 4 members (excludes halogenated alkanes) is 1. The number of nitrogens with two attached hydrogens (primary N) is 2. The molecule has 0 saturated heterocycles. The SMILES string of the molecule is CCC/C=C(\N)NCCCC(N)C(=O)CC. The van der Waals surface area contributed by atoms with Gasteiger partial charge in [-0.15, -0.1) is 0 Å². The molecule has 16 heavy (non-hydrogen) atoms.